The van der Waals surface area contributed by atoms with E-state index in [1.807, 2.05) is 0 Å². The summed E-state index contributed by atoms with van der Waals surface area (Å²) in [5.41, 5.74) is 0.824. The van der Waals surface area contributed by atoms with Gasteiger partial charge in [-0.05, 0) is 32.1 Å². The summed E-state index contributed by atoms with van der Waals surface area (Å²) < 4.78 is 0. The third-order valence-electron chi connectivity index (χ3n) is 4.44. The molecule has 0 spiro atoms. The highest BCUT2D eigenvalue weighted by Gasteiger charge is 2.30. The van der Waals surface area contributed by atoms with Gasteiger partial charge in [0.05, 0.1) is 5.69 Å². The molecule has 4 nitrogen and oxygen atoms in total. The average Bonchev–Trinajstić information content (AvgIpc) is 2.65. The van der Waals surface area contributed by atoms with Crippen LogP contribution in [0.5, 0.6) is 0 Å². The van der Waals surface area contributed by atoms with Crippen LogP contribution >= 0.6 is 11.3 Å². The molecule has 0 amide bonds. The number of anilines is 1. The number of carbonyl (C=O) groups is 1. The summed E-state index contributed by atoms with van der Waals surface area (Å²) in [6.45, 7) is 0. The Labute approximate surface area is 123 Å². The number of nitrogens with one attached hydrogen (secondary N) is 1. The first-order chi connectivity index (χ1) is 9.74. The Bertz CT molecular complexity index is 478. The first-order valence-corrected chi connectivity index (χ1v) is 8.54. The van der Waals surface area contributed by atoms with Gasteiger partial charge in [-0.1, -0.05) is 25.7 Å². The van der Waals surface area contributed by atoms with Gasteiger partial charge in [0, 0.05) is 10.9 Å². The zero-order chi connectivity index (χ0) is 13.9. The van der Waals surface area contributed by atoms with Crippen molar-refractivity contribution in [2.24, 2.45) is 0 Å². The van der Waals surface area contributed by atoms with Gasteiger partial charge in [-0.15, -0.1) is 11.3 Å². The van der Waals surface area contributed by atoms with Crippen LogP contribution in [-0.2, 0) is 11.2 Å². The molecule has 1 heterocycles. The van der Waals surface area contributed by atoms with Gasteiger partial charge in [-0.2, -0.15) is 0 Å². The van der Waals surface area contributed by atoms with Gasteiger partial charge >= 0.3 is 5.97 Å². The summed E-state index contributed by atoms with van der Waals surface area (Å²) in [6.07, 6.45) is 10.4. The molecule has 1 aromatic heterocycles. The van der Waals surface area contributed by atoms with Gasteiger partial charge in [0.25, 0.3) is 0 Å². The SMILES string of the molecule is O=C(O)C1CCCc2sc(NC3CCCCCC3)nc21. The molecule has 1 aromatic rings. The van der Waals surface area contributed by atoms with Crippen molar-refractivity contribution in [1.82, 2.24) is 4.98 Å². The molecule has 2 N–H and O–H groups in total. The van der Waals surface area contributed by atoms with Crippen molar-refractivity contribution in [3.05, 3.63) is 10.6 Å². The minimum Gasteiger partial charge on any atom is -0.481 e. The highest BCUT2D eigenvalue weighted by atomic mass is 32.1. The van der Waals surface area contributed by atoms with E-state index in [0.717, 1.165) is 30.1 Å². The number of aryl methyl sites for hydroxylation is 1. The van der Waals surface area contributed by atoms with E-state index in [4.69, 9.17) is 0 Å². The summed E-state index contributed by atoms with van der Waals surface area (Å²) in [6, 6.07) is 0.522. The van der Waals surface area contributed by atoms with Crippen molar-refractivity contribution in [3.8, 4) is 0 Å². The Morgan fingerprint density at radius 1 is 1.15 bits per heavy atom. The first kappa shape index (κ1) is 13.9. The fourth-order valence-corrected chi connectivity index (χ4v) is 4.46. The van der Waals surface area contributed by atoms with Gasteiger partial charge < -0.3 is 10.4 Å². The second-order valence-electron chi connectivity index (χ2n) is 5.94. The molecular weight excluding hydrogens is 272 g/mol. The van der Waals surface area contributed by atoms with Crippen molar-refractivity contribution in [2.45, 2.75) is 69.7 Å². The summed E-state index contributed by atoms with van der Waals surface area (Å²) >= 11 is 1.67. The van der Waals surface area contributed by atoms with E-state index in [0.29, 0.717) is 6.04 Å². The molecule has 0 radical (unpaired) electrons. The van der Waals surface area contributed by atoms with Crippen LogP contribution in [0.15, 0.2) is 0 Å². The van der Waals surface area contributed by atoms with Crippen LogP contribution in [0, 0.1) is 0 Å². The van der Waals surface area contributed by atoms with Gasteiger partial charge in [0.2, 0.25) is 0 Å². The Morgan fingerprint density at radius 3 is 2.60 bits per heavy atom. The van der Waals surface area contributed by atoms with Crippen molar-refractivity contribution < 1.29 is 9.90 Å². The number of thiazole rings is 1. The number of aromatic nitrogens is 1. The second-order valence-corrected chi connectivity index (χ2v) is 7.03. The van der Waals surface area contributed by atoms with Gasteiger partial charge in [-0.25, -0.2) is 4.98 Å². The molecule has 0 saturated heterocycles. The second kappa shape index (κ2) is 6.12. The van der Waals surface area contributed by atoms with Crippen molar-refractivity contribution >= 4 is 22.4 Å². The fraction of sp³-hybridized carbons (Fsp3) is 0.733. The molecule has 1 saturated carbocycles. The third-order valence-corrected chi connectivity index (χ3v) is 5.50. The van der Waals surface area contributed by atoms with Crippen LogP contribution in [0.3, 0.4) is 0 Å². The molecule has 1 atom stereocenters. The van der Waals surface area contributed by atoms with Crippen molar-refractivity contribution in [2.75, 3.05) is 5.32 Å². The van der Waals surface area contributed by atoms with Gasteiger partial charge in [0.1, 0.15) is 5.92 Å². The lowest BCUT2D eigenvalue weighted by Gasteiger charge is -2.16. The smallest absolute Gasteiger partial charge is 0.312 e. The Balaban J connectivity index is 1.73. The minimum atomic E-state index is -0.725. The van der Waals surface area contributed by atoms with E-state index in [1.165, 1.54) is 43.4 Å². The highest BCUT2D eigenvalue weighted by molar-refractivity contribution is 7.15. The number of rotatable bonds is 3. The van der Waals surface area contributed by atoms with Crippen LogP contribution in [0.1, 0.15) is 67.9 Å². The number of aliphatic carboxylic acids is 1. The summed E-state index contributed by atoms with van der Waals surface area (Å²) in [4.78, 5) is 17.1. The maximum atomic E-state index is 11.3. The van der Waals surface area contributed by atoms with Crippen LogP contribution < -0.4 is 5.32 Å². The maximum absolute atomic E-state index is 11.3. The lowest BCUT2D eigenvalue weighted by Crippen LogP contribution is -2.19. The zero-order valence-electron chi connectivity index (χ0n) is 11.7. The standard InChI is InChI=1S/C15H22N2O2S/c18-14(19)11-8-5-9-12-13(11)17-15(20-12)16-10-6-3-1-2-4-7-10/h10-11H,1-9H2,(H,16,17)(H,18,19). The summed E-state index contributed by atoms with van der Waals surface area (Å²) in [5, 5.41) is 13.8. The van der Waals surface area contributed by atoms with E-state index >= 15 is 0 Å². The van der Waals surface area contributed by atoms with Crippen molar-refractivity contribution in [3.63, 3.8) is 0 Å². The van der Waals surface area contributed by atoms with Crippen LogP contribution in [0.25, 0.3) is 0 Å². The number of hydrogen-bond acceptors (Lipinski definition) is 4. The molecule has 1 unspecified atom stereocenters. The van der Waals surface area contributed by atoms with Gasteiger partial charge in [-0.3, -0.25) is 4.79 Å². The zero-order valence-corrected chi connectivity index (χ0v) is 12.5. The number of hydrogen-bond donors (Lipinski definition) is 2. The van der Waals surface area contributed by atoms with E-state index in [1.54, 1.807) is 11.3 Å². The molecule has 0 bridgehead atoms. The topological polar surface area (TPSA) is 62.2 Å². The quantitative estimate of drug-likeness (QED) is 0.833. The van der Waals surface area contributed by atoms with E-state index in [-0.39, 0.29) is 5.92 Å². The number of nitrogens with zero attached hydrogens (tertiary/aromatic N) is 1. The molecule has 110 valence electrons. The Morgan fingerprint density at radius 2 is 1.90 bits per heavy atom. The Hall–Kier alpha value is -1.10. The van der Waals surface area contributed by atoms with Crippen LogP contribution in [0.2, 0.25) is 0 Å². The predicted molar refractivity (Wildman–Crippen MR) is 80.5 cm³/mol. The van der Waals surface area contributed by atoms with E-state index in [2.05, 4.69) is 10.3 Å². The molecular formula is C15H22N2O2S. The number of carboxylic acids is 1. The normalized spacial score (nSPS) is 23.9. The van der Waals surface area contributed by atoms with Crippen LogP contribution in [0.4, 0.5) is 5.13 Å². The molecule has 2 aliphatic carbocycles. The Kier molecular flexibility index (Phi) is 4.24. The monoisotopic (exact) mass is 294 g/mol. The highest BCUT2D eigenvalue weighted by Crippen LogP contribution is 2.37. The first-order valence-electron chi connectivity index (χ1n) is 7.73. The van der Waals surface area contributed by atoms with Gasteiger partial charge in [0.15, 0.2) is 5.13 Å². The summed E-state index contributed by atoms with van der Waals surface area (Å²) in [7, 11) is 0. The largest absolute Gasteiger partial charge is 0.481 e. The molecule has 0 aliphatic heterocycles. The maximum Gasteiger partial charge on any atom is 0.312 e. The lowest BCUT2D eigenvalue weighted by molar-refractivity contribution is -0.139. The molecule has 1 fully saturated rings. The minimum absolute atomic E-state index is 0.389. The summed E-state index contributed by atoms with van der Waals surface area (Å²) in [5.74, 6) is -1.11. The van der Waals surface area contributed by atoms with Crippen LogP contribution in [-0.4, -0.2) is 22.1 Å². The van der Waals surface area contributed by atoms with E-state index in [9.17, 15) is 9.90 Å². The number of fused-ring (bicyclic) bond motifs is 1. The fourth-order valence-electron chi connectivity index (χ4n) is 3.32. The molecule has 5 heteroatoms. The molecule has 0 aromatic carbocycles. The van der Waals surface area contributed by atoms with Crippen molar-refractivity contribution in [1.29, 1.82) is 0 Å². The average molecular weight is 294 g/mol. The molecule has 3 rings (SSSR count). The third kappa shape index (κ3) is 2.97. The molecule has 2 aliphatic rings. The predicted octanol–water partition coefficient (Wildman–Crippen LogP) is 3.78. The lowest BCUT2D eigenvalue weighted by atomic mass is 9.91. The van der Waals surface area contributed by atoms with E-state index < -0.39 is 5.97 Å². The molecule has 20 heavy (non-hydrogen) atoms. The number of carboxylic acid groups (broad SMARTS) is 1.